The lowest BCUT2D eigenvalue weighted by Gasteiger charge is -2.38. The number of carbonyl (C=O) groups excluding carboxylic acids is 1. The highest BCUT2D eigenvalue weighted by molar-refractivity contribution is 7.17. The Hall–Kier alpha value is -1.43. The topological polar surface area (TPSA) is 36.4 Å². The molecule has 1 aliphatic heterocycles. The van der Waals surface area contributed by atoms with Gasteiger partial charge in [0.05, 0.1) is 10.7 Å². The summed E-state index contributed by atoms with van der Waals surface area (Å²) in [5.74, 6) is 1.05. The number of hydrogen-bond acceptors (Lipinski definition) is 4. The first-order valence-electron chi connectivity index (χ1n) is 10.8. The molecule has 0 bridgehead atoms. The molecule has 2 fully saturated rings. The smallest absolute Gasteiger partial charge is 0.265 e. The second-order valence-electron chi connectivity index (χ2n) is 8.38. The highest BCUT2D eigenvalue weighted by Crippen LogP contribution is 2.34. The van der Waals surface area contributed by atoms with Crippen LogP contribution in [0.2, 0.25) is 5.02 Å². The van der Waals surface area contributed by atoms with Gasteiger partial charge in [-0.15, -0.1) is 11.3 Å². The molecule has 156 valence electrons. The van der Waals surface area contributed by atoms with Crippen molar-refractivity contribution in [3.05, 3.63) is 39.9 Å². The quantitative estimate of drug-likeness (QED) is 0.580. The first-order chi connectivity index (χ1) is 14.1. The summed E-state index contributed by atoms with van der Waals surface area (Å²) in [5.41, 5.74) is 1.70. The van der Waals surface area contributed by atoms with Gasteiger partial charge in [0.1, 0.15) is 9.88 Å². The molecule has 1 aliphatic carbocycles. The van der Waals surface area contributed by atoms with E-state index in [9.17, 15) is 4.79 Å². The van der Waals surface area contributed by atoms with E-state index < -0.39 is 0 Å². The molecule has 1 aromatic carbocycles. The number of benzene rings is 1. The van der Waals surface area contributed by atoms with Gasteiger partial charge in [0.2, 0.25) is 0 Å². The molecule has 0 atom stereocenters. The Morgan fingerprint density at radius 2 is 1.97 bits per heavy atom. The third kappa shape index (κ3) is 4.84. The van der Waals surface area contributed by atoms with Crippen LogP contribution in [0, 0.1) is 12.8 Å². The summed E-state index contributed by atoms with van der Waals surface area (Å²) in [6, 6.07) is 8.31. The van der Waals surface area contributed by atoms with E-state index in [1.54, 1.807) is 0 Å². The maximum absolute atomic E-state index is 13.2. The normalized spacial score (nSPS) is 17.9. The van der Waals surface area contributed by atoms with Crippen molar-refractivity contribution in [1.29, 1.82) is 0 Å². The molecule has 1 amide bonds. The van der Waals surface area contributed by atoms with Gasteiger partial charge in [-0.05, 0) is 57.6 Å². The Morgan fingerprint density at radius 1 is 1.24 bits per heavy atom. The lowest BCUT2D eigenvalue weighted by Crippen LogP contribution is -2.47. The number of amides is 1. The van der Waals surface area contributed by atoms with Crippen LogP contribution in [0.25, 0.3) is 10.6 Å². The third-order valence-corrected chi connectivity index (χ3v) is 7.57. The monoisotopic (exact) mass is 431 g/mol. The van der Waals surface area contributed by atoms with Crippen LogP contribution >= 0.6 is 22.9 Å². The molecule has 0 radical (unpaired) electrons. The third-order valence-electron chi connectivity index (χ3n) is 6.06. The number of piperidine rings is 1. The number of thiazole rings is 1. The molecule has 2 aliphatic rings. The van der Waals surface area contributed by atoms with Gasteiger partial charge in [-0.1, -0.05) is 36.7 Å². The van der Waals surface area contributed by atoms with E-state index in [1.165, 1.54) is 43.7 Å². The Kier molecular flexibility index (Phi) is 6.57. The van der Waals surface area contributed by atoms with Crippen LogP contribution in [-0.2, 0) is 0 Å². The van der Waals surface area contributed by atoms with Gasteiger partial charge >= 0.3 is 0 Å². The van der Waals surface area contributed by atoms with Crippen molar-refractivity contribution >= 4 is 28.8 Å². The zero-order chi connectivity index (χ0) is 20.4. The summed E-state index contributed by atoms with van der Waals surface area (Å²) in [6.07, 6.45) is 6.16. The van der Waals surface area contributed by atoms with Crippen LogP contribution in [-0.4, -0.2) is 52.9 Å². The van der Waals surface area contributed by atoms with Gasteiger partial charge < -0.3 is 4.90 Å². The molecule has 4 rings (SSSR count). The fraction of sp³-hybridized carbons (Fsp3) is 0.565. The predicted octanol–water partition coefficient (Wildman–Crippen LogP) is 5.50. The predicted molar refractivity (Wildman–Crippen MR) is 121 cm³/mol. The molecule has 1 saturated heterocycles. The highest BCUT2D eigenvalue weighted by atomic mass is 35.5. The lowest BCUT2D eigenvalue weighted by atomic mass is 10.0. The summed E-state index contributed by atoms with van der Waals surface area (Å²) in [7, 11) is 0. The van der Waals surface area contributed by atoms with Crippen LogP contribution in [0.1, 0.15) is 54.4 Å². The number of halogens is 1. The number of nitrogens with zero attached hydrogens (tertiary/aromatic N) is 3. The fourth-order valence-corrected chi connectivity index (χ4v) is 5.62. The van der Waals surface area contributed by atoms with Crippen molar-refractivity contribution in [1.82, 2.24) is 14.8 Å². The first-order valence-corrected chi connectivity index (χ1v) is 12.0. The Bertz CT molecular complexity index is 856. The Labute approximate surface area is 182 Å². The van der Waals surface area contributed by atoms with Crippen LogP contribution in [0.15, 0.2) is 24.3 Å². The standard InChI is InChI=1S/C23H30ClN3OS/c1-3-12-27(15-17-8-9-17)18-10-13-26(14-11-18)23(28)21-16(2)25-22(29-21)19-6-4-5-7-20(19)24/h4-7,17-18H,3,8-15H2,1-2H3. The lowest BCUT2D eigenvalue weighted by molar-refractivity contribution is 0.0615. The van der Waals surface area contributed by atoms with Crippen molar-refractivity contribution in [3.8, 4) is 10.6 Å². The van der Waals surface area contributed by atoms with Crippen LogP contribution in [0.3, 0.4) is 0 Å². The number of carbonyl (C=O) groups is 1. The number of aryl methyl sites for hydroxylation is 1. The Balaban J connectivity index is 1.41. The SMILES string of the molecule is CCCN(CC1CC1)C1CCN(C(=O)c2sc(-c3ccccc3Cl)nc2C)CC1. The second kappa shape index (κ2) is 9.15. The van der Waals surface area contributed by atoms with Gasteiger partial charge in [0.15, 0.2) is 0 Å². The van der Waals surface area contributed by atoms with E-state index in [0.717, 1.165) is 53.0 Å². The van der Waals surface area contributed by atoms with Gasteiger partial charge in [-0.3, -0.25) is 9.69 Å². The van der Waals surface area contributed by atoms with Gasteiger partial charge in [0, 0.05) is 31.2 Å². The molecule has 1 aromatic heterocycles. The summed E-state index contributed by atoms with van der Waals surface area (Å²) >= 11 is 7.79. The summed E-state index contributed by atoms with van der Waals surface area (Å²) < 4.78 is 0. The largest absolute Gasteiger partial charge is 0.338 e. The van der Waals surface area contributed by atoms with Crippen LogP contribution in [0.5, 0.6) is 0 Å². The molecule has 2 aromatic rings. The van der Waals surface area contributed by atoms with Gasteiger partial charge in [-0.25, -0.2) is 4.98 Å². The van der Waals surface area contributed by atoms with Crippen molar-refractivity contribution in [2.75, 3.05) is 26.2 Å². The zero-order valence-corrected chi connectivity index (χ0v) is 18.9. The van der Waals surface area contributed by atoms with Crippen molar-refractivity contribution < 1.29 is 4.79 Å². The molecule has 6 heteroatoms. The van der Waals surface area contributed by atoms with E-state index in [2.05, 4.69) is 16.8 Å². The number of likely N-dealkylation sites (tertiary alicyclic amines) is 1. The second-order valence-corrected chi connectivity index (χ2v) is 9.78. The molecule has 0 spiro atoms. The molecule has 2 heterocycles. The maximum Gasteiger partial charge on any atom is 0.265 e. The van der Waals surface area contributed by atoms with Crippen LogP contribution < -0.4 is 0 Å². The fourth-order valence-electron chi connectivity index (χ4n) is 4.26. The minimum atomic E-state index is 0.126. The van der Waals surface area contributed by atoms with Crippen molar-refractivity contribution in [2.24, 2.45) is 5.92 Å². The number of rotatable bonds is 7. The molecule has 1 saturated carbocycles. The number of aromatic nitrogens is 1. The van der Waals surface area contributed by atoms with Gasteiger partial charge in [0.25, 0.3) is 5.91 Å². The van der Waals surface area contributed by atoms with Crippen LogP contribution in [0.4, 0.5) is 0 Å². The van der Waals surface area contributed by atoms with E-state index in [-0.39, 0.29) is 5.91 Å². The molecule has 29 heavy (non-hydrogen) atoms. The minimum Gasteiger partial charge on any atom is -0.338 e. The van der Waals surface area contributed by atoms with E-state index in [4.69, 9.17) is 11.6 Å². The Morgan fingerprint density at radius 3 is 2.62 bits per heavy atom. The van der Waals surface area contributed by atoms with Crippen molar-refractivity contribution in [3.63, 3.8) is 0 Å². The molecule has 0 unspecified atom stereocenters. The van der Waals surface area contributed by atoms with Crippen molar-refractivity contribution in [2.45, 2.75) is 52.0 Å². The average molecular weight is 432 g/mol. The van der Waals surface area contributed by atoms with Gasteiger partial charge in [-0.2, -0.15) is 0 Å². The summed E-state index contributed by atoms with van der Waals surface area (Å²) in [4.78, 5) is 23.3. The zero-order valence-electron chi connectivity index (χ0n) is 17.4. The highest BCUT2D eigenvalue weighted by Gasteiger charge is 2.32. The van der Waals surface area contributed by atoms with E-state index in [1.807, 2.05) is 36.1 Å². The molecular weight excluding hydrogens is 402 g/mol. The minimum absolute atomic E-state index is 0.126. The van der Waals surface area contributed by atoms with E-state index in [0.29, 0.717) is 11.1 Å². The molecule has 0 N–H and O–H groups in total. The first kappa shape index (κ1) is 20.8. The summed E-state index contributed by atoms with van der Waals surface area (Å²) in [5, 5.41) is 1.50. The van der Waals surface area contributed by atoms with E-state index >= 15 is 0 Å². The maximum atomic E-state index is 13.2. The number of hydrogen-bond donors (Lipinski definition) is 0. The average Bonchev–Trinajstić information content (AvgIpc) is 3.47. The summed E-state index contributed by atoms with van der Waals surface area (Å²) in [6.45, 7) is 8.31. The molecule has 4 nitrogen and oxygen atoms in total. The molecular formula is C23H30ClN3OS.